The molecule has 0 saturated carbocycles. The smallest absolute Gasteiger partial charge is 0.237 e. The van der Waals surface area contributed by atoms with Crippen molar-refractivity contribution in [2.45, 2.75) is 27.2 Å². The molecule has 0 radical (unpaired) electrons. The summed E-state index contributed by atoms with van der Waals surface area (Å²) in [4.78, 5) is 12.4. The van der Waals surface area contributed by atoms with Gasteiger partial charge in [0.1, 0.15) is 0 Å². The zero-order chi connectivity index (χ0) is 13.9. The fourth-order valence-corrected chi connectivity index (χ4v) is 1.84. The second-order valence-electron chi connectivity index (χ2n) is 4.46. The number of thiocarbonyl (C=S) groups is 1. The first-order valence-corrected chi connectivity index (χ1v) is 6.47. The number of anilines is 1. The van der Waals surface area contributed by atoms with Crippen LogP contribution in [0.15, 0.2) is 18.2 Å². The van der Waals surface area contributed by atoms with Gasteiger partial charge in [0.05, 0.1) is 10.4 Å². The van der Waals surface area contributed by atoms with Crippen LogP contribution in [0.2, 0.25) is 5.02 Å². The summed E-state index contributed by atoms with van der Waals surface area (Å²) >= 11 is 10.9. The van der Waals surface area contributed by atoms with Gasteiger partial charge >= 0.3 is 0 Å². The molecule has 3 N–H and O–H groups in total. The third-order valence-corrected chi connectivity index (χ3v) is 3.89. The molecule has 3 nitrogen and oxygen atoms in total. The summed E-state index contributed by atoms with van der Waals surface area (Å²) < 4.78 is 0. The Kier molecular flexibility index (Phi) is 4.71. The number of hydrogen-bond acceptors (Lipinski definition) is 2. The molecular weight excluding hydrogens is 268 g/mol. The van der Waals surface area contributed by atoms with E-state index in [0.29, 0.717) is 17.1 Å². The van der Waals surface area contributed by atoms with Crippen LogP contribution in [0.5, 0.6) is 0 Å². The largest absolute Gasteiger partial charge is 0.392 e. The average molecular weight is 285 g/mol. The normalized spacial score (nSPS) is 13.8. The lowest BCUT2D eigenvalue weighted by molar-refractivity contribution is -0.121. The Labute approximate surface area is 118 Å². The highest BCUT2D eigenvalue weighted by Gasteiger charge is 2.34. The lowest BCUT2D eigenvalue weighted by atomic mass is 9.86. The number of carbonyl (C=O) groups is 1. The molecule has 0 aromatic heterocycles. The highest BCUT2D eigenvalue weighted by molar-refractivity contribution is 7.80. The van der Waals surface area contributed by atoms with Crippen molar-refractivity contribution < 1.29 is 4.79 Å². The number of benzene rings is 1. The molecule has 0 aliphatic heterocycles. The summed E-state index contributed by atoms with van der Waals surface area (Å²) in [5.74, 6) is -0.206. The van der Waals surface area contributed by atoms with E-state index in [1.165, 1.54) is 0 Å². The van der Waals surface area contributed by atoms with E-state index in [4.69, 9.17) is 29.6 Å². The first-order chi connectivity index (χ1) is 8.31. The van der Waals surface area contributed by atoms with Crippen molar-refractivity contribution in [3.05, 3.63) is 28.8 Å². The zero-order valence-electron chi connectivity index (χ0n) is 10.7. The van der Waals surface area contributed by atoms with Gasteiger partial charge in [-0.3, -0.25) is 4.79 Å². The Hall–Kier alpha value is -1.13. The van der Waals surface area contributed by atoms with E-state index < -0.39 is 5.41 Å². The van der Waals surface area contributed by atoms with Gasteiger partial charge in [-0.15, -0.1) is 0 Å². The van der Waals surface area contributed by atoms with Crippen LogP contribution in [0.3, 0.4) is 0 Å². The summed E-state index contributed by atoms with van der Waals surface area (Å²) in [6.45, 7) is 5.52. The maximum absolute atomic E-state index is 12.2. The molecule has 1 aromatic carbocycles. The number of nitrogens with one attached hydrogen (secondary N) is 1. The Morgan fingerprint density at radius 1 is 1.56 bits per heavy atom. The Morgan fingerprint density at radius 3 is 2.67 bits per heavy atom. The van der Waals surface area contributed by atoms with Crippen molar-refractivity contribution >= 4 is 40.4 Å². The lowest BCUT2D eigenvalue weighted by Crippen LogP contribution is -2.43. The van der Waals surface area contributed by atoms with Crippen molar-refractivity contribution in [2.75, 3.05) is 5.32 Å². The van der Waals surface area contributed by atoms with Crippen LogP contribution in [0.1, 0.15) is 25.8 Å². The van der Waals surface area contributed by atoms with Crippen LogP contribution in [0, 0.1) is 12.3 Å². The molecular formula is C13H17ClN2OS. The van der Waals surface area contributed by atoms with Crippen LogP contribution in [-0.4, -0.2) is 10.9 Å². The number of halogens is 1. The molecule has 0 saturated heterocycles. The summed E-state index contributed by atoms with van der Waals surface area (Å²) in [7, 11) is 0. The summed E-state index contributed by atoms with van der Waals surface area (Å²) in [5.41, 5.74) is 6.43. The van der Waals surface area contributed by atoms with Crippen LogP contribution in [0.4, 0.5) is 5.69 Å². The van der Waals surface area contributed by atoms with Gasteiger partial charge in [0, 0.05) is 10.7 Å². The van der Waals surface area contributed by atoms with E-state index in [2.05, 4.69) is 5.32 Å². The van der Waals surface area contributed by atoms with Gasteiger partial charge in [-0.1, -0.05) is 36.8 Å². The minimum absolute atomic E-state index is 0.196. The van der Waals surface area contributed by atoms with Crippen LogP contribution in [-0.2, 0) is 4.79 Å². The minimum Gasteiger partial charge on any atom is -0.392 e. The zero-order valence-corrected chi connectivity index (χ0v) is 12.3. The van der Waals surface area contributed by atoms with E-state index in [1.54, 1.807) is 19.1 Å². The summed E-state index contributed by atoms with van der Waals surface area (Å²) in [5, 5.41) is 3.41. The summed E-state index contributed by atoms with van der Waals surface area (Å²) in [6, 6.07) is 5.34. The maximum atomic E-state index is 12.2. The lowest BCUT2D eigenvalue weighted by Gasteiger charge is -2.26. The minimum atomic E-state index is -0.843. The predicted octanol–water partition coefficient (Wildman–Crippen LogP) is 3.29. The molecule has 1 unspecified atom stereocenters. The number of amides is 1. The molecule has 1 aromatic rings. The van der Waals surface area contributed by atoms with Crippen LogP contribution in [0.25, 0.3) is 0 Å². The molecule has 0 bridgehead atoms. The maximum Gasteiger partial charge on any atom is 0.237 e. The quantitative estimate of drug-likeness (QED) is 0.834. The summed E-state index contributed by atoms with van der Waals surface area (Å²) in [6.07, 6.45) is 0.549. The van der Waals surface area contributed by atoms with Gasteiger partial charge in [-0.25, -0.2) is 0 Å². The highest BCUT2D eigenvalue weighted by Crippen LogP contribution is 2.26. The van der Waals surface area contributed by atoms with Crippen molar-refractivity contribution in [1.82, 2.24) is 0 Å². The van der Waals surface area contributed by atoms with Gasteiger partial charge < -0.3 is 11.1 Å². The molecule has 98 valence electrons. The highest BCUT2D eigenvalue weighted by atomic mass is 35.5. The van der Waals surface area contributed by atoms with Gasteiger partial charge in [-0.2, -0.15) is 0 Å². The SMILES string of the molecule is CCC(C)(C(=O)Nc1cc(Cl)ccc1C)C(N)=S. The number of carbonyl (C=O) groups excluding carboxylic acids is 1. The van der Waals surface area contributed by atoms with Crippen LogP contribution >= 0.6 is 23.8 Å². The average Bonchev–Trinajstić information content (AvgIpc) is 2.32. The molecule has 18 heavy (non-hydrogen) atoms. The molecule has 0 aliphatic carbocycles. The second-order valence-corrected chi connectivity index (χ2v) is 5.34. The first-order valence-electron chi connectivity index (χ1n) is 5.68. The number of rotatable bonds is 4. The molecule has 1 atom stereocenters. The Balaban J connectivity index is 3.00. The standard InChI is InChI=1S/C13H17ClN2OS/c1-4-13(3,11(15)18)12(17)16-10-7-9(14)6-5-8(10)2/h5-7H,4H2,1-3H3,(H2,15,18)(H,16,17). The molecule has 5 heteroatoms. The number of hydrogen-bond donors (Lipinski definition) is 2. The van der Waals surface area contributed by atoms with E-state index >= 15 is 0 Å². The van der Waals surface area contributed by atoms with E-state index in [0.717, 1.165) is 5.56 Å². The Morgan fingerprint density at radius 2 is 2.17 bits per heavy atom. The molecule has 0 spiro atoms. The van der Waals surface area contributed by atoms with Crippen LogP contribution < -0.4 is 11.1 Å². The topological polar surface area (TPSA) is 55.1 Å². The predicted molar refractivity (Wildman–Crippen MR) is 80.0 cm³/mol. The van der Waals surface area contributed by atoms with Gasteiger partial charge in [-0.05, 0) is 38.0 Å². The Bertz CT molecular complexity index is 490. The third-order valence-electron chi connectivity index (χ3n) is 3.20. The third kappa shape index (κ3) is 3.00. The monoisotopic (exact) mass is 284 g/mol. The van der Waals surface area contributed by atoms with Gasteiger partial charge in [0.15, 0.2) is 0 Å². The molecule has 1 amide bonds. The molecule has 0 aliphatic rings. The fraction of sp³-hybridized carbons (Fsp3) is 0.385. The number of aryl methyl sites for hydroxylation is 1. The second kappa shape index (κ2) is 5.67. The van der Waals surface area contributed by atoms with E-state index in [-0.39, 0.29) is 10.9 Å². The number of nitrogens with two attached hydrogens (primary N) is 1. The van der Waals surface area contributed by atoms with E-state index in [9.17, 15) is 4.79 Å². The van der Waals surface area contributed by atoms with Crippen molar-refractivity contribution in [3.8, 4) is 0 Å². The molecule has 0 fully saturated rings. The van der Waals surface area contributed by atoms with Crippen molar-refractivity contribution in [1.29, 1.82) is 0 Å². The molecule has 0 heterocycles. The van der Waals surface area contributed by atoms with Crippen molar-refractivity contribution in [3.63, 3.8) is 0 Å². The van der Waals surface area contributed by atoms with Gasteiger partial charge in [0.2, 0.25) is 5.91 Å². The molecule has 1 rings (SSSR count). The first kappa shape index (κ1) is 14.9. The van der Waals surface area contributed by atoms with E-state index in [1.807, 2.05) is 19.9 Å². The fourth-order valence-electron chi connectivity index (χ4n) is 1.44. The van der Waals surface area contributed by atoms with Crippen molar-refractivity contribution in [2.24, 2.45) is 11.1 Å². The van der Waals surface area contributed by atoms with Gasteiger partial charge in [0.25, 0.3) is 0 Å².